The fraction of sp³-hybridized carbons (Fsp3) is 0.588. The first-order valence-electron chi connectivity index (χ1n) is 7.69. The van der Waals surface area contributed by atoms with Crippen molar-refractivity contribution in [2.24, 2.45) is 5.92 Å². The molecule has 0 spiro atoms. The van der Waals surface area contributed by atoms with Gasteiger partial charge in [0.25, 0.3) is 0 Å². The molecule has 0 N–H and O–H groups in total. The van der Waals surface area contributed by atoms with Crippen LogP contribution in [0.15, 0.2) is 12.1 Å². The first-order chi connectivity index (χ1) is 10.2. The van der Waals surface area contributed by atoms with E-state index in [0.717, 1.165) is 37.4 Å². The van der Waals surface area contributed by atoms with Crippen molar-refractivity contribution >= 4 is 5.78 Å². The third-order valence-corrected chi connectivity index (χ3v) is 4.91. The minimum Gasteiger partial charge on any atom is -0.493 e. The highest BCUT2D eigenvalue weighted by Crippen LogP contribution is 2.42. The van der Waals surface area contributed by atoms with E-state index >= 15 is 0 Å². The Morgan fingerprint density at radius 3 is 2.62 bits per heavy atom. The Labute approximate surface area is 126 Å². The van der Waals surface area contributed by atoms with E-state index in [9.17, 15) is 4.79 Å². The SMILES string of the molecule is CC[C@H]1CN2CCc3cc(OC)c(OC)cc3[C@@H]2CC1=O. The summed E-state index contributed by atoms with van der Waals surface area (Å²) in [6, 6.07) is 4.34. The van der Waals surface area contributed by atoms with Gasteiger partial charge in [-0.25, -0.2) is 0 Å². The number of nitrogens with zero attached hydrogens (tertiary/aromatic N) is 1. The number of fused-ring (bicyclic) bond motifs is 3. The Morgan fingerprint density at radius 2 is 1.95 bits per heavy atom. The Hall–Kier alpha value is -1.55. The van der Waals surface area contributed by atoms with Crippen molar-refractivity contribution in [3.05, 3.63) is 23.3 Å². The van der Waals surface area contributed by atoms with Crippen LogP contribution in [0.5, 0.6) is 11.5 Å². The molecule has 0 aromatic heterocycles. The third kappa shape index (κ3) is 2.42. The Bertz CT molecular complexity index is 555. The van der Waals surface area contributed by atoms with Crippen LogP contribution in [0.2, 0.25) is 0 Å². The Kier molecular flexibility index (Phi) is 3.89. The molecule has 2 aliphatic heterocycles. The molecule has 0 unspecified atom stereocenters. The molecule has 0 amide bonds. The summed E-state index contributed by atoms with van der Waals surface area (Å²) in [5.74, 6) is 2.14. The summed E-state index contributed by atoms with van der Waals surface area (Å²) in [6.07, 6.45) is 2.58. The van der Waals surface area contributed by atoms with E-state index in [-0.39, 0.29) is 12.0 Å². The van der Waals surface area contributed by atoms with E-state index in [1.54, 1.807) is 14.2 Å². The van der Waals surface area contributed by atoms with Crippen molar-refractivity contribution in [3.8, 4) is 11.5 Å². The van der Waals surface area contributed by atoms with Crippen LogP contribution in [0.25, 0.3) is 0 Å². The van der Waals surface area contributed by atoms with Crippen molar-refractivity contribution in [3.63, 3.8) is 0 Å². The van der Waals surface area contributed by atoms with Crippen LogP contribution in [-0.4, -0.2) is 38.0 Å². The Balaban J connectivity index is 1.97. The van der Waals surface area contributed by atoms with Gasteiger partial charge in [-0.05, 0) is 36.1 Å². The number of methoxy groups -OCH3 is 2. The molecule has 114 valence electrons. The van der Waals surface area contributed by atoms with Crippen molar-refractivity contribution in [1.29, 1.82) is 0 Å². The van der Waals surface area contributed by atoms with Crippen molar-refractivity contribution < 1.29 is 14.3 Å². The molecule has 4 nitrogen and oxygen atoms in total. The highest BCUT2D eigenvalue weighted by atomic mass is 16.5. The summed E-state index contributed by atoms with van der Waals surface area (Å²) in [5.41, 5.74) is 2.53. The van der Waals surface area contributed by atoms with Gasteiger partial charge in [-0.2, -0.15) is 0 Å². The van der Waals surface area contributed by atoms with Gasteiger partial charge in [0.1, 0.15) is 5.78 Å². The fourth-order valence-electron chi connectivity index (χ4n) is 3.64. The molecule has 1 saturated heterocycles. The van der Waals surface area contributed by atoms with Crippen LogP contribution in [-0.2, 0) is 11.2 Å². The number of ether oxygens (including phenoxy) is 2. The van der Waals surface area contributed by atoms with Crippen LogP contribution >= 0.6 is 0 Å². The fourth-order valence-corrected chi connectivity index (χ4v) is 3.64. The van der Waals surface area contributed by atoms with E-state index in [0.29, 0.717) is 12.2 Å². The molecule has 1 fully saturated rings. The number of carbonyl (C=O) groups excluding carboxylic acids is 1. The average molecular weight is 289 g/mol. The first-order valence-corrected chi connectivity index (χ1v) is 7.69. The monoisotopic (exact) mass is 289 g/mol. The highest BCUT2D eigenvalue weighted by Gasteiger charge is 2.37. The lowest BCUT2D eigenvalue weighted by Gasteiger charge is -2.42. The minimum absolute atomic E-state index is 0.211. The molecule has 0 saturated carbocycles. The van der Waals surface area contributed by atoms with Crippen molar-refractivity contribution in [2.45, 2.75) is 32.2 Å². The molecule has 1 aromatic rings. The highest BCUT2D eigenvalue weighted by molar-refractivity contribution is 5.83. The number of rotatable bonds is 3. The average Bonchev–Trinajstić information content (AvgIpc) is 2.52. The number of carbonyl (C=O) groups is 1. The molecular formula is C17H23NO3. The van der Waals surface area contributed by atoms with E-state index in [2.05, 4.69) is 24.0 Å². The number of benzene rings is 1. The van der Waals surface area contributed by atoms with Gasteiger partial charge in [-0.1, -0.05) is 6.92 Å². The summed E-state index contributed by atoms with van der Waals surface area (Å²) < 4.78 is 10.8. The van der Waals surface area contributed by atoms with Crippen LogP contribution in [0.1, 0.15) is 36.9 Å². The second kappa shape index (κ2) is 5.68. The lowest BCUT2D eigenvalue weighted by Crippen LogP contribution is -2.46. The second-order valence-electron chi connectivity index (χ2n) is 5.94. The van der Waals surface area contributed by atoms with Gasteiger partial charge in [0.05, 0.1) is 14.2 Å². The number of piperidine rings is 1. The zero-order chi connectivity index (χ0) is 15.0. The predicted molar refractivity (Wildman–Crippen MR) is 81.0 cm³/mol. The zero-order valence-corrected chi connectivity index (χ0v) is 13.0. The van der Waals surface area contributed by atoms with Crippen LogP contribution in [0.3, 0.4) is 0 Å². The van der Waals surface area contributed by atoms with Gasteiger partial charge in [0.2, 0.25) is 0 Å². The normalized spacial score (nSPS) is 25.2. The minimum atomic E-state index is 0.211. The second-order valence-corrected chi connectivity index (χ2v) is 5.94. The molecule has 21 heavy (non-hydrogen) atoms. The van der Waals surface area contributed by atoms with Crippen molar-refractivity contribution in [1.82, 2.24) is 4.90 Å². The van der Waals surface area contributed by atoms with Gasteiger partial charge in [0, 0.05) is 31.5 Å². The maximum Gasteiger partial charge on any atom is 0.161 e. The summed E-state index contributed by atoms with van der Waals surface area (Å²) in [6.45, 7) is 4.03. The van der Waals surface area contributed by atoms with Gasteiger partial charge in [0.15, 0.2) is 11.5 Å². The molecule has 3 rings (SSSR count). The first kappa shape index (κ1) is 14.4. The van der Waals surface area contributed by atoms with Crippen LogP contribution < -0.4 is 9.47 Å². The molecule has 2 heterocycles. The standard InChI is InChI=1S/C17H23NO3/c1-4-11-10-18-6-5-12-7-16(20-2)17(21-3)8-13(12)14(18)9-15(11)19/h7-8,11,14H,4-6,9-10H2,1-3H3/t11-,14-/m0/s1. The Morgan fingerprint density at radius 1 is 1.24 bits per heavy atom. The summed E-state index contributed by atoms with van der Waals surface area (Å²) in [7, 11) is 3.32. The number of hydrogen-bond acceptors (Lipinski definition) is 4. The van der Waals surface area contributed by atoms with Crippen molar-refractivity contribution in [2.75, 3.05) is 27.3 Å². The van der Waals surface area contributed by atoms with Gasteiger partial charge < -0.3 is 9.47 Å². The summed E-state index contributed by atoms with van der Waals surface area (Å²) in [5, 5.41) is 0. The topological polar surface area (TPSA) is 38.8 Å². The van der Waals surface area contributed by atoms with E-state index in [4.69, 9.17) is 9.47 Å². The zero-order valence-electron chi connectivity index (χ0n) is 13.0. The lowest BCUT2D eigenvalue weighted by molar-refractivity contribution is -0.128. The molecular weight excluding hydrogens is 266 g/mol. The quantitative estimate of drug-likeness (QED) is 0.857. The number of Topliss-reactive ketones (excluding diaryl/α,β-unsaturated/α-hetero) is 1. The molecule has 2 aliphatic rings. The maximum absolute atomic E-state index is 12.3. The van der Waals surface area contributed by atoms with Crippen LogP contribution in [0.4, 0.5) is 0 Å². The third-order valence-electron chi connectivity index (χ3n) is 4.91. The maximum atomic E-state index is 12.3. The van der Waals surface area contributed by atoms with E-state index in [1.165, 1.54) is 11.1 Å². The molecule has 2 atom stereocenters. The predicted octanol–water partition coefficient (Wildman–Crippen LogP) is 2.60. The van der Waals surface area contributed by atoms with E-state index in [1.807, 2.05) is 0 Å². The molecule has 0 radical (unpaired) electrons. The molecule has 1 aromatic carbocycles. The van der Waals surface area contributed by atoms with Crippen LogP contribution in [0, 0.1) is 5.92 Å². The van der Waals surface area contributed by atoms with Gasteiger partial charge >= 0.3 is 0 Å². The van der Waals surface area contributed by atoms with E-state index < -0.39 is 0 Å². The van der Waals surface area contributed by atoms with Gasteiger partial charge in [-0.15, -0.1) is 0 Å². The molecule has 0 aliphatic carbocycles. The molecule has 0 bridgehead atoms. The summed E-state index contributed by atoms with van der Waals surface area (Å²) in [4.78, 5) is 14.7. The molecule has 4 heteroatoms. The summed E-state index contributed by atoms with van der Waals surface area (Å²) >= 11 is 0. The van der Waals surface area contributed by atoms with Gasteiger partial charge in [-0.3, -0.25) is 9.69 Å². The number of ketones is 1. The lowest BCUT2D eigenvalue weighted by atomic mass is 9.82. The number of hydrogen-bond donors (Lipinski definition) is 0. The largest absolute Gasteiger partial charge is 0.493 e. The smallest absolute Gasteiger partial charge is 0.161 e.